The number of carbonyl (C=O) groups excluding carboxylic acids is 2. The molecule has 1 aliphatic carbocycles. The van der Waals surface area contributed by atoms with Crippen molar-refractivity contribution in [2.45, 2.75) is 51.7 Å². The number of ether oxygens (including phenoxy) is 1. The van der Waals surface area contributed by atoms with Crippen LogP contribution in [0.4, 0.5) is 0 Å². The fourth-order valence-electron chi connectivity index (χ4n) is 3.31. The molecule has 1 amide bonds. The van der Waals surface area contributed by atoms with E-state index in [4.69, 9.17) is 4.74 Å². The number of rotatable bonds is 4. The molecule has 1 fully saturated rings. The topological polar surface area (TPSA) is 89.5 Å². The number of amides is 1. The molecular formula is C17H23NO5S2. The standard InChI is InChI=1S/C17H23NO5S2/c1-10-3-4-14-12(7-10)8-15(24-14)17(20)23-11(2)16(19)18-13-5-6-25(21,22)9-13/h8,10-11,13H,3-7,9H2,1-2H3,(H,18,19)/t10-,11+,13-/m1/s1. The van der Waals surface area contributed by atoms with Gasteiger partial charge in [-0.05, 0) is 50.2 Å². The Labute approximate surface area is 151 Å². The third kappa shape index (κ3) is 4.41. The van der Waals surface area contributed by atoms with Crippen LogP contribution in [0.15, 0.2) is 6.07 Å². The summed E-state index contributed by atoms with van der Waals surface area (Å²) in [5.41, 5.74) is 1.21. The van der Waals surface area contributed by atoms with E-state index in [1.54, 1.807) is 0 Å². The van der Waals surface area contributed by atoms with Crippen LogP contribution in [0.1, 0.15) is 46.8 Å². The van der Waals surface area contributed by atoms with Crippen LogP contribution in [0.5, 0.6) is 0 Å². The van der Waals surface area contributed by atoms with Gasteiger partial charge in [0.2, 0.25) is 0 Å². The van der Waals surface area contributed by atoms with Crippen molar-refractivity contribution < 1.29 is 22.7 Å². The van der Waals surface area contributed by atoms with Gasteiger partial charge in [-0.15, -0.1) is 11.3 Å². The van der Waals surface area contributed by atoms with Gasteiger partial charge in [-0.2, -0.15) is 0 Å². The summed E-state index contributed by atoms with van der Waals surface area (Å²) in [6.07, 6.45) is 2.55. The van der Waals surface area contributed by atoms with Gasteiger partial charge in [0.25, 0.3) is 5.91 Å². The Bertz CT molecular complexity index is 783. The van der Waals surface area contributed by atoms with Crippen molar-refractivity contribution in [3.05, 3.63) is 21.4 Å². The largest absolute Gasteiger partial charge is 0.448 e. The summed E-state index contributed by atoms with van der Waals surface area (Å²) in [5, 5.41) is 2.65. The van der Waals surface area contributed by atoms with E-state index in [0.29, 0.717) is 17.2 Å². The minimum atomic E-state index is -3.06. The predicted molar refractivity (Wildman–Crippen MR) is 95.6 cm³/mol. The van der Waals surface area contributed by atoms with Crippen LogP contribution in [0.2, 0.25) is 0 Å². The zero-order chi connectivity index (χ0) is 18.2. The van der Waals surface area contributed by atoms with Crippen molar-refractivity contribution >= 4 is 33.1 Å². The third-order valence-corrected chi connectivity index (χ3v) is 7.75. The number of sulfone groups is 1. The average molecular weight is 386 g/mol. The van der Waals surface area contributed by atoms with Crippen LogP contribution in [-0.4, -0.2) is 43.9 Å². The van der Waals surface area contributed by atoms with Crippen LogP contribution >= 0.6 is 11.3 Å². The molecule has 0 unspecified atom stereocenters. The van der Waals surface area contributed by atoms with E-state index in [0.717, 1.165) is 19.3 Å². The first-order valence-electron chi connectivity index (χ1n) is 8.57. The Morgan fingerprint density at radius 1 is 1.36 bits per heavy atom. The molecule has 1 aliphatic heterocycles. The van der Waals surface area contributed by atoms with Gasteiger partial charge in [0.05, 0.1) is 11.5 Å². The highest BCUT2D eigenvalue weighted by atomic mass is 32.2. The third-order valence-electron chi connectivity index (χ3n) is 4.76. The Kier molecular flexibility index (Phi) is 5.20. The molecule has 0 radical (unpaired) electrons. The molecule has 0 saturated carbocycles. The van der Waals surface area contributed by atoms with E-state index in [1.807, 2.05) is 6.07 Å². The van der Waals surface area contributed by atoms with E-state index < -0.39 is 33.9 Å². The lowest BCUT2D eigenvalue weighted by Crippen LogP contribution is -2.42. The van der Waals surface area contributed by atoms with Crippen molar-refractivity contribution in [3.63, 3.8) is 0 Å². The quantitative estimate of drug-likeness (QED) is 0.797. The minimum absolute atomic E-state index is 0.0464. The summed E-state index contributed by atoms with van der Waals surface area (Å²) in [6.45, 7) is 3.71. The summed E-state index contributed by atoms with van der Waals surface area (Å²) in [5.74, 6) is -0.280. The second-order valence-electron chi connectivity index (χ2n) is 7.06. The van der Waals surface area contributed by atoms with Gasteiger partial charge >= 0.3 is 5.97 Å². The lowest BCUT2D eigenvalue weighted by Gasteiger charge is -2.16. The molecule has 0 aromatic carbocycles. The first-order chi connectivity index (χ1) is 11.7. The van der Waals surface area contributed by atoms with Crippen LogP contribution in [0.3, 0.4) is 0 Å². The van der Waals surface area contributed by atoms with Gasteiger partial charge in [-0.3, -0.25) is 4.79 Å². The average Bonchev–Trinajstić information content (AvgIpc) is 3.09. The number of nitrogens with one attached hydrogen (secondary N) is 1. The van der Waals surface area contributed by atoms with Crippen molar-refractivity contribution in [2.75, 3.05) is 11.5 Å². The smallest absolute Gasteiger partial charge is 0.349 e. The van der Waals surface area contributed by atoms with E-state index in [-0.39, 0.29) is 11.5 Å². The fourth-order valence-corrected chi connectivity index (χ4v) is 6.07. The maximum Gasteiger partial charge on any atom is 0.349 e. The molecule has 0 spiro atoms. The van der Waals surface area contributed by atoms with Crippen LogP contribution in [0, 0.1) is 5.92 Å². The molecule has 3 rings (SSSR count). The Morgan fingerprint density at radius 2 is 2.12 bits per heavy atom. The highest BCUT2D eigenvalue weighted by molar-refractivity contribution is 7.91. The van der Waals surface area contributed by atoms with Gasteiger partial charge in [-0.25, -0.2) is 13.2 Å². The molecule has 6 nitrogen and oxygen atoms in total. The maximum atomic E-state index is 12.3. The number of hydrogen-bond donors (Lipinski definition) is 1. The normalized spacial score (nSPS) is 25.8. The first kappa shape index (κ1) is 18.4. The summed E-state index contributed by atoms with van der Waals surface area (Å²) < 4.78 is 28.2. The molecule has 1 saturated heterocycles. The Balaban J connectivity index is 1.56. The summed E-state index contributed by atoms with van der Waals surface area (Å²) in [7, 11) is -3.06. The molecule has 0 bridgehead atoms. The van der Waals surface area contributed by atoms with Gasteiger partial charge in [0, 0.05) is 10.9 Å². The lowest BCUT2D eigenvalue weighted by molar-refractivity contribution is -0.129. The Morgan fingerprint density at radius 3 is 2.80 bits per heavy atom. The SMILES string of the molecule is C[C@@H]1CCc2sc(C(=O)O[C@@H](C)C(=O)N[C@@H]3CCS(=O)(=O)C3)cc2C1. The van der Waals surface area contributed by atoms with Crippen molar-refractivity contribution in [1.82, 2.24) is 5.32 Å². The first-order valence-corrected chi connectivity index (χ1v) is 11.2. The highest BCUT2D eigenvalue weighted by Gasteiger charge is 2.31. The molecule has 2 aliphatic rings. The number of hydrogen-bond acceptors (Lipinski definition) is 6. The lowest BCUT2D eigenvalue weighted by atomic mass is 9.90. The van der Waals surface area contributed by atoms with E-state index >= 15 is 0 Å². The van der Waals surface area contributed by atoms with Crippen LogP contribution in [0.25, 0.3) is 0 Å². The Hall–Kier alpha value is -1.41. The monoisotopic (exact) mass is 385 g/mol. The zero-order valence-electron chi connectivity index (χ0n) is 14.4. The molecule has 1 aromatic heterocycles. The van der Waals surface area contributed by atoms with Crippen molar-refractivity contribution in [3.8, 4) is 0 Å². The van der Waals surface area contributed by atoms with E-state index in [1.165, 1.54) is 28.7 Å². The molecule has 1 aromatic rings. The summed E-state index contributed by atoms with van der Waals surface area (Å²) >= 11 is 1.45. The second-order valence-corrected chi connectivity index (χ2v) is 10.4. The molecule has 8 heteroatoms. The number of carbonyl (C=O) groups is 2. The van der Waals surface area contributed by atoms with Gasteiger partial charge < -0.3 is 10.1 Å². The number of esters is 1. The second kappa shape index (κ2) is 7.07. The van der Waals surface area contributed by atoms with Crippen molar-refractivity contribution in [1.29, 1.82) is 0 Å². The van der Waals surface area contributed by atoms with Gasteiger partial charge in [0.1, 0.15) is 4.88 Å². The number of fused-ring (bicyclic) bond motifs is 1. The summed E-state index contributed by atoms with van der Waals surface area (Å²) in [4.78, 5) is 26.2. The molecular weight excluding hydrogens is 362 g/mol. The fraction of sp³-hybridized carbons (Fsp3) is 0.647. The maximum absolute atomic E-state index is 12.3. The van der Waals surface area contributed by atoms with E-state index in [2.05, 4.69) is 12.2 Å². The summed E-state index contributed by atoms with van der Waals surface area (Å²) in [6, 6.07) is 1.49. The van der Waals surface area contributed by atoms with Gasteiger partial charge in [-0.1, -0.05) is 6.92 Å². The number of aryl methyl sites for hydroxylation is 1. The molecule has 25 heavy (non-hydrogen) atoms. The predicted octanol–water partition coefficient (Wildman–Crippen LogP) is 1.72. The number of thiophene rings is 1. The van der Waals surface area contributed by atoms with E-state index in [9.17, 15) is 18.0 Å². The van der Waals surface area contributed by atoms with Crippen LogP contribution < -0.4 is 5.32 Å². The molecule has 1 N–H and O–H groups in total. The van der Waals surface area contributed by atoms with Gasteiger partial charge in [0.15, 0.2) is 15.9 Å². The van der Waals surface area contributed by atoms with Crippen molar-refractivity contribution in [2.24, 2.45) is 5.92 Å². The molecule has 138 valence electrons. The molecule has 2 heterocycles. The zero-order valence-corrected chi connectivity index (χ0v) is 16.0. The molecule has 3 atom stereocenters. The van der Waals surface area contributed by atoms with Crippen LogP contribution in [-0.2, 0) is 32.2 Å². The highest BCUT2D eigenvalue weighted by Crippen LogP contribution is 2.32. The minimum Gasteiger partial charge on any atom is -0.448 e.